The van der Waals surface area contributed by atoms with Crippen molar-refractivity contribution >= 4 is 35.7 Å². The van der Waals surface area contributed by atoms with Gasteiger partial charge >= 0.3 is 5.97 Å². The summed E-state index contributed by atoms with van der Waals surface area (Å²) in [4.78, 5) is 21.0. The molecule has 4 nitrogen and oxygen atoms in total. The lowest BCUT2D eigenvalue weighted by atomic mass is 10.2. The summed E-state index contributed by atoms with van der Waals surface area (Å²) >= 11 is 7.14. The molecule has 1 aromatic rings. The van der Waals surface area contributed by atoms with Crippen LogP contribution in [0.15, 0.2) is 18.2 Å². The van der Waals surface area contributed by atoms with Gasteiger partial charge in [0, 0.05) is 10.8 Å². The molecule has 7 heteroatoms. The number of thioether (sulfide) groups is 1. The molecule has 0 aromatic heterocycles. The molecule has 1 amide bonds. The topological polar surface area (TPSA) is 66.4 Å². The van der Waals surface area contributed by atoms with Crippen molar-refractivity contribution in [1.82, 2.24) is 5.32 Å². The molecular weight excluding hydrogens is 293 g/mol. The van der Waals surface area contributed by atoms with E-state index in [1.54, 1.807) is 6.07 Å². The Morgan fingerprint density at radius 1 is 1.58 bits per heavy atom. The molecule has 1 atom stereocenters. The van der Waals surface area contributed by atoms with Crippen molar-refractivity contribution in [1.29, 1.82) is 0 Å². The Labute approximate surface area is 119 Å². The van der Waals surface area contributed by atoms with Crippen molar-refractivity contribution in [2.24, 2.45) is 0 Å². The highest BCUT2D eigenvalue weighted by Gasteiger charge is 2.15. The number of benzene rings is 1. The average Bonchev–Trinajstić information content (AvgIpc) is 2.36. The summed E-state index contributed by atoms with van der Waals surface area (Å²) in [5, 5.41) is 11.5. The number of hydrogen-bond donors (Lipinski definition) is 2. The van der Waals surface area contributed by atoms with E-state index in [4.69, 9.17) is 16.7 Å². The lowest BCUT2D eigenvalue weighted by Crippen LogP contribution is -2.36. The van der Waals surface area contributed by atoms with Gasteiger partial charge < -0.3 is 10.4 Å². The predicted molar refractivity (Wildman–Crippen MR) is 72.8 cm³/mol. The smallest absolute Gasteiger partial charge is 0.326 e. The van der Waals surface area contributed by atoms with Crippen molar-refractivity contribution < 1.29 is 19.1 Å². The summed E-state index contributed by atoms with van der Waals surface area (Å²) in [6.45, 7) is 0. The molecule has 0 radical (unpaired) electrons. The maximum absolute atomic E-state index is 13.4. The zero-order chi connectivity index (χ0) is 14.3. The summed E-state index contributed by atoms with van der Waals surface area (Å²) in [7, 11) is 0. The van der Waals surface area contributed by atoms with E-state index in [1.165, 1.54) is 23.9 Å². The summed E-state index contributed by atoms with van der Waals surface area (Å²) in [5.74, 6) is -0.525. The number of hydrogen-bond acceptors (Lipinski definition) is 3. The average molecular weight is 306 g/mol. The first-order chi connectivity index (χ1) is 9.04. The fourth-order valence-corrected chi connectivity index (χ4v) is 2.58. The first-order valence-corrected chi connectivity index (χ1v) is 7.02. The molecule has 0 saturated heterocycles. The van der Waals surface area contributed by atoms with Gasteiger partial charge in [-0.1, -0.05) is 11.6 Å². The number of aliphatic carboxylic acids is 1. The first kappa shape index (κ1) is 15.8. The quantitative estimate of drug-likeness (QED) is 0.571. The summed E-state index contributed by atoms with van der Waals surface area (Å²) < 4.78 is 13.4. The number of amides is 1. The molecule has 0 bridgehead atoms. The van der Waals surface area contributed by atoms with Gasteiger partial charge in [-0.3, -0.25) is 4.79 Å². The number of rotatable bonds is 8. The van der Waals surface area contributed by atoms with Crippen LogP contribution in [0.4, 0.5) is 4.39 Å². The van der Waals surface area contributed by atoms with Gasteiger partial charge in [0.2, 0.25) is 6.41 Å². The molecule has 1 unspecified atom stereocenters. The van der Waals surface area contributed by atoms with Crippen LogP contribution >= 0.6 is 23.4 Å². The SMILES string of the molecule is O=CNC(CCSCc1cc(Cl)ccc1F)C(=O)O. The third-order valence-electron chi connectivity index (χ3n) is 2.38. The number of carboxylic acid groups (broad SMARTS) is 1. The summed E-state index contributed by atoms with van der Waals surface area (Å²) in [6, 6.07) is 3.41. The molecule has 104 valence electrons. The zero-order valence-corrected chi connectivity index (χ0v) is 11.5. The number of carbonyl (C=O) groups is 2. The standard InChI is InChI=1S/C12H13ClFNO3S/c13-9-1-2-10(14)8(5-9)6-19-4-3-11(12(17)18)15-7-16/h1-2,5,7,11H,3-4,6H2,(H,15,16)(H,17,18). The fourth-order valence-electron chi connectivity index (χ4n) is 1.40. The minimum Gasteiger partial charge on any atom is -0.480 e. The Balaban J connectivity index is 2.39. The normalized spacial score (nSPS) is 11.9. The van der Waals surface area contributed by atoms with Crippen LogP contribution in [0.25, 0.3) is 0 Å². The number of halogens is 2. The maximum atomic E-state index is 13.4. The van der Waals surface area contributed by atoms with Crippen LogP contribution in [0.5, 0.6) is 0 Å². The Morgan fingerprint density at radius 2 is 2.32 bits per heavy atom. The zero-order valence-electron chi connectivity index (χ0n) is 9.94. The summed E-state index contributed by atoms with van der Waals surface area (Å²) in [5.41, 5.74) is 0.479. The molecule has 2 N–H and O–H groups in total. The van der Waals surface area contributed by atoms with E-state index in [2.05, 4.69) is 5.32 Å². The predicted octanol–water partition coefficient (Wildman–Crippen LogP) is 2.30. The molecule has 0 aliphatic heterocycles. The van der Waals surface area contributed by atoms with E-state index in [1.807, 2.05) is 0 Å². The van der Waals surface area contributed by atoms with Crippen LogP contribution in [-0.2, 0) is 15.3 Å². The van der Waals surface area contributed by atoms with E-state index in [0.717, 1.165) is 0 Å². The van der Waals surface area contributed by atoms with E-state index in [-0.39, 0.29) is 12.2 Å². The van der Waals surface area contributed by atoms with Gasteiger partial charge in [0.15, 0.2) is 0 Å². The van der Waals surface area contributed by atoms with Gasteiger partial charge in [0.25, 0.3) is 0 Å². The number of carboxylic acids is 1. The Kier molecular flexibility index (Phi) is 6.66. The van der Waals surface area contributed by atoms with Gasteiger partial charge in [-0.25, -0.2) is 9.18 Å². The highest BCUT2D eigenvalue weighted by atomic mass is 35.5. The van der Waals surface area contributed by atoms with Crippen molar-refractivity contribution in [2.75, 3.05) is 5.75 Å². The van der Waals surface area contributed by atoms with Gasteiger partial charge in [0.1, 0.15) is 11.9 Å². The van der Waals surface area contributed by atoms with Gasteiger partial charge in [-0.15, -0.1) is 0 Å². The molecule has 0 spiro atoms. The molecule has 0 aliphatic carbocycles. The molecule has 0 saturated carbocycles. The Morgan fingerprint density at radius 3 is 2.95 bits per heavy atom. The first-order valence-electron chi connectivity index (χ1n) is 5.48. The Bertz CT molecular complexity index is 459. The van der Waals surface area contributed by atoms with Gasteiger partial charge in [-0.2, -0.15) is 11.8 Å². The van der Waals surface area contributed by atoms with Crippen LogP contribution in [0.1, 0.15) is 12.0 Å². The molecule has 0 fully saturated rings. The second-order valence-corrected chi connectivity index (χ2v) is 5.29. The molecule has 0 aliphatic rings. The molecule has 0 heterocycles. The van der Waals surface area contributed by atoms with Crippen LogP contribution in [0.2, 0.25) is 5.02 Å². The van der Waals surface area contributed by atoms with E-state index in [9.17, 15) is 14.0 Å². The second kappa shape index (κ2) is 8.01. The van der Waals surface area contributed by atoms with E-state index in [0.29, 0.717) is 28.5 Å². The lowest BCUT2D eigenvalue weighted by Gasteiger charge is -2.10. The van der Waals surface area contributed by atoms with Gasteiger partial charge in [0.05, 0.1) is 0 Å². The van der Waals surface area contributed by atoms with Crippen molar-refractivity contribution in [2.45, 2.75) is 18.2 Å². The second-order valence-electron chi connectivity index (χ2n) is 3.75. The highest BCUT2D eigenvalue weighted by Crippen LogP contribution is 2.20. The van der Waals surface area contributed by atoms with Crippen LogP contribution < -0.4 is 5.32 Å². The Hall–Kier alpha value is -1.27. The molecule has 19 heavy (non-hydrogen) atoms. The van der Waals surface area contributed by atoms with Crippen molar-refractivity contribution in [3.63, 3.8) is 0 Å². The minimum atomic E-state index is -1.08. The van der Waals surface area contributed by atoms with Crippen molar-refractivity contribution in [3.8, 4) is 0 Å². The van der Waals surface area contributed by atoms with Crippen LogP contribution in [0.3, 0.4) is 0 Å². The maximum Gasteiger partial charge on any atom is 0.326 e. The highest BCUT2D eigenvalue weighted by molar-refractivity contribution is 7.98. The molecule has 1 aromatic carbocycles. The molecule has 1 rings (SSSR count). The van der Waals surface area contributed by atoms with Gasteiger partial charge in [-0.05, 0) is 35.9 Å². The number of carbonyl (C=O) groups excluding carboxylic acids is 1. The molecular formula is C12H13ClFNO3S. The minimum absolute atomic E-state index is 0.279. The lowest BCUT2D eigenvalue weighted by molar-refractivity contribution is -0.140. The third-order valence-corrected chi connectivity index (χ3v) is 3.66. The van der Waals surface area contributed by atoms with E-state index < -0.39 is 12.0 Å². The van der Waals surface area contributed by atoms with Crippen LogP contribution in [-0.4, -0.2) is 29.3 Å². The monoisotopic (exact) mass is 305 g/mol. The largest absolute Gasteiger partial charge is 0.480 e. The summed E-state index contributed by atoms with van der Waals surface area (Å²) in [6.07, 6.45) is 0.640. The van der Waals surface area contributed by atoms with Crippen molar-refractivity contribution in [3.05, 3.63) is 34.6 Å². The van der Waals surface area contributed by atoms with E-state index >= 15 is 0 Å². The third kappa shape index (κ3) is 5.48. The number of nitrogens with one attached hydrogen (secondary N) is 1. The fraction of sp³-hybridized carbons (Fsp3) is 0.333. The van der Waals surface area contributed by atoms with Crippen LogP contribution in [0, 0.1) is 5.82 Å².